The number of nitrogens with one attached hydrogen (secondary N) is 1. The van der Waals surface area contributed by atoms with Crippen molar-refractivity contribution in [1.82, 2.24) is 0 Å². The molecule has 0 saturated carbocycles. The second-order valence-electron chi connectivity index (χ2n) is 3.23. The zero-order valence-corrected chi connectivity index (χ0v) is 7.12. The standard InChI is InChI=1S/C9H12N2O/c1-7-3-2-4-11-6-8(12)5-10-9(7)11/h2-4,8,12H,5-6H2,1H3/p+1/t8-/m0/s1. The fourth-order valence-corrected chi connectivity index (χ4v) is 1.57. The van der Waals surface area contributed by atoms with Gasteiger partial charge in [0.15, 0.2) is 0 Å². The molecular formula is C9H13N2O+. The third-order valence-corrected chi connectivity index (χ3v) is 2.19. The quantitative estimate of drug-likeness (QED) is 0.534. The van der Waals surface area contributed by atoms with Crippen molar-refractivity contribution >= 4 is 5.82 Å². The maximum Gasteiger partial charge on any atom is 0.277 e. The molecule has 2 N–H and O–H groups in total. The first-order chi connectivity index (χ1) is 5.77. The van der Waals surface area contributed by atoms with Crippen LogP contribution in [-0.2, 0) is 6.54 Å². The first-order valence-corrected chi connectivity index (χ1v) is 4.18. The molecule has 3 nitrogen and oxygen atoms in total. The Balaban J connectivity index is 2.42. The number of β-amino-alcohol motifs (C(OH)–C–C–N with tert-alkyl or cyclic N) is 1. The molecule has 1 atom stereocenters. The molecule has 12 heavy (non-hydrogen) atoms. The molecule has 0 unspecified atom stereocenters. The van der Waals surface area contributed by atoms with E-state index in [9.17, 15) is 5.11 Å². The van der Waals surface area contributed by atoms with E-state index >= 15 is 0 Å². The lowest BCUT2D eigenvalue weighted by Gasteiger charge is -2.17. The number of rotatable bonds is 0. The van der Waals surface area contributed by atoms with Crippen LogP contribution in [0.5, 0.6) is 0 Å². The molecule has 64 valence electrons. The summed E-state index contributed by atoms with van der Waals surface area (Å²) in [5, 5.41) is 12.6. The summed E-state index contributed by atoms with van der Waals surface area (Å²) in [6, 6.07) is 4.06. The van der Waals surface area contributed by atoms with Gasteiger partial charge in [0.1, 0.15) is 19.2 Å². The highest BCUT2D eigenvalue weighted by atomic mass is 16.3. The topological polar surface area (TPSA) is 36.1 Å². The monoisotopic (exact) mass is 165 g/mol. The van der Waals surface area contributed by atoms with Gasteiger partial charge in [-0.1, -0.05) is 0 Å². The van der Waals surface area contributed by atoms with Gasteiger partial charge in [-0.25, -0.2) is 4.57 Å². The van der Waals surface area contributed by atoms with Gasteiger partial charge in [0.2, 0.25) is 0 Å². The average Bonchev–Trinajstić information content (AvgIpc) is 2.04. The smallest absolute Gasteiger partial charge is 0.277 e. The summed E-state index contributed by atoms with van der Waals surface area (Å²) in [5.41, 5.74) is 1.23. The SMILES string of the molecule is Cc1ccc[n+]2c1NC[C@H](O)C2. The van der Waals surface area contributed by atoms with Crippen molar-refractivity contribution in [2.45, 2.75) is 19.6 Å². The highest BCUT2D eigenvalue weighted by Crippen LogP contribution is 2.10. The first kappa shape index (κ1) is 7.55. The van der Waals surface area contributed by atoms with Crippen LogP contribution in [0.3, 0.4) is 0 Å². The summed E-state index contributed by atoms with van der Waals surface area (Å²) in [7, 11) is 0. The van der Waals surface area contributed by atoms with Gasteiger partial charge in [-0.2, -0.15) is 0 Å². The molecule has 0 aliphatic carbocycles. The number of aliphatic hydroxyl groups excluding tert-OH is 1. The van der Waals surface area contributed by atoms with Crippen molar-refractivity contribution in [3.05, 3.63) is 23.9 Å². The minimum Gasteiger partial charge on any atom is -0.385 e. The fourth-order valence-electron chi connectivity index (χ4n) is 1.57. The summed E-state index contributed by atoms with van der Waals surface area (Å²) in [4.78, 5) is 0. The van der Waals surface area contributed by atoms with Crippen LogP contribution >= 0.6 is 0 Å². The maximum absolute atomic E-state index is 9.36. The second kappa shape index (κ2) is 2.75. The highest BCUT2D eigenvalue weighted by Gasteiger charge is 2.22. The summed E-state index contributed by atoms with van der Waals surface area (Å²) in [6.07, 6.45) is 1.72. The van der Waals surface area contributed by atoms with E-state index in [0.717, 1.165) is 5.82 Å². The van der Waals surface area contributed by atoms with Gasteiger partial charge in [-0.15, -0.1) is 0 Å². The minimum atomic E-state index is -0.260. The third-order valence-electron chi connectivity index (χ3n) is 2.19. The number of hydrogen-bond acceptors (Lipinski definition) is 2. The number of fused-ring (bicyclic) bond motifs is 1. The van der Waals surface area contributed by atoms with Crippen LogP contribution < -0.4 is 9.88 Å². The summed E-state index contributed by atoms with van der Waals surface area (Å²) in [6.45, 7) is 3.42. The van der Waals surface area contributed by atoms with Crippen LogP contribution in [0.2, 0.25) is 0 Å². The average molecular weight is 165 g/mol. The summed E-state index contributed by atoms with van der Waals surface area (Å²) >= 11 is 0. The molecule has 1 aromatic rings. The Morgan fingerprint density at radius 1 is 1.67 bits per heavy atom. The molecular weight excluding hydrogens is 152 g/mol. The number of aryl methyl sites for hydroxylation is 1. The number of hydrogen-bond donors (Lipinski definition) is 2. The van der Waals surface area contributed by atoms with Gasteiger partial charge in [0.05, 0.1) is 6.20 Å². The molecule has 2 rings (SSSR count). The van der Waals surface area contributed by atoms with Crippen molar-refractivity contribution in [2.75, 3.05) is 11.9 Å². The Hall–Kier alpha value is -1.09. The highest BCUT2D eigenvalue weighted by molar-refractivity contribution is 5.38. The predicted molar refractivity (Wildman–Crippen MR) is 45.9 cm³/mol. The first-order valence-electron chi connectivity index (χ1n) is 4.18. The molecule has 0 saturated heterocycles. The maximum atomic E-state index is 9.36. The number of nitrogens with zero attached hydrogens (tertiary/aromatic N) is 1. The number of anilines is 1. The fraction of sp³-hybridized carbons (Fsp3) is 0.444. The van der Waals surface area contributed by atoms with E-state index in [1.807, 2.05) is 16.8 Å². The second-order valence-corrected chi connectivity index (χ2v) is 3.23. The molecule has 0 aromatic carbocycles. The van der Waals surface area contributed by atoms with E-state index in [4.69, 9.17) is 0 Å². The molecule has 2 heterocycles. The molecule has 0 radical (unpaired) electrons. The third kappa shape index (κ3) is 1.16. The van der Waals surface area contributed by atoms with E-state index in [1.54, 1.807) is 0 Å². The van der Waals surface area contributed by atoms with Gasteiger partial charge in [0, 0.05) is 5.56 Å². The Morgan fingerprint density at radius 2 is 2.50 bits per heavy atom. The van der Waals surface area contributed by atoms with Crippen LogP contribution in [0.15, 0.2) is 18.3 Å². The summed E-state index contributed by atoms with van der Waals surface area (Å²) < 4.78 is 2.05. The van der Waals surface area contributed by atoms with E-state index in [1.165, 1.54) is 5.56 Å². The molecule has 1 aromatic heterocycles. The zero-order chi connectivity index (χ0) is 8.55. The largest absolute Gasteiger partial charge is 0.385 e. The minimum absolute atomic E-state index is 0.260. The zero-order valence-electron chi connectivity index (χ0n) is 7.12. The van der Waals surface area contributed by atoms with Crippen LogP contribution in [0.1, 0.15) is 5.56 Å². The van der Waals surface area contributed by atoms with Crippen LogP contribution in [0, 0.1) is 6.92 Å². The Morgan fingerprint density at radius 3 is 3.33 bits per heavy atom. The van der Waals surface area contributed by atoms with Crippen molar-refractivity contribution in [2.24, 2.45) is 0 Å². The van der Waals surface area contributed by atoms with Gasteiger partial charge in [-0.3, -0.25) is 5.32 Å². The molecule has 0 bridgehead atoms. The normalized spacial score (nSPS) is 21.3. The summed E-state index contributed by atoms with van der Waals surface area (Å²) in [5.74, 6) is 1.13. The Kier molecular flexibility index (Phi) is 1.73. The van der Waals surface area contributed by atoms with Crippen LogP contribution in [-0.4, -0.2) is 17.8 Å². The molecule has 1 aliphatic heterocycles. The molecule has 0 fully saturated rings. The number of pyridine rings is 1. The van der Waals surface area contributed by atoms with E-state index in [-0.39, 0.29) is 6.10 Å². The van der Waals surface area contributed by atoms with Gasteiger partial charge in [-0.05, 0) is 19.1 Å². The van der Waals surface area contributed by atoms with Gasteiger partial charge >= 0.3 is 0 Å². The Bertz CT molecular complexity index is 299. The van der Waals surface area contributed by atoms with E-state index < -0.39 is 0 Å². The van der Waals surface area contributed by atoms with Crippen molar-refractivity contribution in [1.29, 1.82) is 0 Å². The molecule has 0 spiro atoms. The molecule has 1 aliphatic rings. The van der Waals surface area contributed by atoms with E-state index in [0.29, 0.717) is 13.1 Å². The number of aromatic nitrogens is 1. The molecule has 0 amide bonds. The van der Waals surface area contributed by atoms with Gasteiger partial charge < -0.3 is 5.11 Å². The van der Waals surface area contributed by atoms with E-state index in [2.05, 4.69) is 18.3 Å². The van der Waals surface area contributed by atoms with Crippen LogP contribution in [0.25, 0.3) is 0 Å². The molecule has 3 heteroatoms. The lowest BCUT2D eigenvalue weighted by Crippen LogP contribution is -2.49. The van der Waals surface area contributed by atoms with Crippen molar-refractivity contribution in [3.8, 4) is 0 Å². The Labute approximate surface area is 71.7 Å². The predicted octanol–water partition coefficient (Wildman–Crippen LogP) is 0.0689. The van der Waals surface area contributed by atoms with Crippen molar-refractivity contribution in [3.63, 3.8) is 0 Å². The van der Waals surface area contributed by atoms with Crippen LogP contribution in [0.4, 0.5) is 5.82 Å². The lowest BCUT2D eigenvalue weighted by atomic mass is 10.2. The lowest BCUT2D eigenvalue weighted by molar-refractivity contribution is -0.693. The van der Waals surface area contributed by atoms with Crippen molar-refractivity contribution < 1.29 is 9.67 Å². The number of aliphatic hydroxyl groups is 1. The van der Waals surface area contributed by atoms with Gasteiger partial charge in [0.25, 0.3) is 5.82 Å².